The summed E-state index contributed by atoms with van der Waals surface area (Å²) in [5.74, 6) is 0.448. The first kappa shape index (κ1) is 14.8. The van der Waals surface area contributed by atoms with Gasteiger partial charge in [0.05, 0.1) is 0 Å². The summed E-state index contributed by atoms with van der Waals surface area (Å²) in [7, 11) is 3.98. The first-order chi connectivity index (χ1) is 8.40. The first-order valence-electron chi connectivity index (χ1n) is 5.69. The van der Waals surface area contributed by atoms with Crippen molar-refractivity contribution in [2.45, 2.75) is 25.5 Å². The van der Waals surface area contributed by atoms with E-state index in [4.69, 9.17) is 21.1 Å². The third kappa shape index (κ3) is 4.55. The van der Waals surface area contributed by atoms with Gasteiger partial charge in [0.25, 0.3) is 0 Å². The van der Waals surface area contributed by atoms with Crippen molar-refractivity contribution >= 4 is 17.8 Å². The average Bonchev–Trinajstić information content (AvgIpc) is 2.26. The van der Waals surface area contributed by atoms with Crippen LogP contribution in [0.3, 0.4) is 0 Å². The maximum atomic E-state index is 11.3. The van der Waals surface area contributed by atoms with E-state index in [-0.39, 0.29) is 6.04 Å². The highest BCUT2D eigenvalue weighted by atomic mass is 35.5. The lowest BCUT2D eigenvalue weighted by atomic mass is 10.1. The molecule has 1 aromatic carbocycles. The van der Waals surface area contributed by atoms with Gasteiger partial charge in [-0.05, 0) is 45.6 Å². The number of ether oxygens (including phenoxy) is 2. The van der Waals surface area contributed by atoms with Crippen molar-refractivity contribution in [3.8, 4) is 5.75 Å². The van der Waals surface area contributed by atoms with Crippen molar-refractivity contribution in [3.05, 3.63) is 29.8 Å². The van der Waals surface area contributed by atoms with E-state index in [0.29, 0.717) is 5.75 Å². The number of hydrogen-bond acceptors (Lipinski definition) is 4. The second-order valence-electron chi connectivity index (χ2n) is 4.22. The molecule has 0 N–H and O–H groups in total. The highest BCUT2D eigenvalue weighted by molar-refractivity contribution is 6.19. The van der Waals surface area contributed by atoms with Crippen LogP contribution in [0, 0.1) is 0 Å². The molecule has 5 heteroatoms. The van der Waals surface area contributed by atoms with E-state index in [1.165, 1.54) is 0 Å². The molecule has 18 heavy (non-hydrogen) atoms. The molecule has 0 aliphatic carbocycles. The van der Waals surface area contributed by atoms with Crippen molar-refractivity contribution in [1.29, 1.82) is 0 Å². The largest absolute Gasteiger partial charge is 0.515 e. The van der Waals surface area contributed by atoms with Crippen LogP contribution >= 0.6 is 11.6 Å². The number of halogens is 1. The number of carbonyl (C=O) groups is 1. The number of carbonyl (C=O) groups excluding carboxylic acids is 1. The molecule has 0 fully saturated rings. The van der Waals surface area contributed by atoms with E-state index < -0.39 is 11.7 Å². The summed E-state index contributed by atoms with van der Waals surface area (Å²) in [6.07, 6.45) is -0.799. The molecule has 0 radical (unpaired) electrons. The number of alkyl halides is 1. The summed E-state index contributed by atoms with van der Waals surface area (Å²) in [6.45, 7) is 3.62. The fourth-order valence-corrected chi connectivity index (χ4v) is 1.46. The second kappa shape index (κ2) is 6.61. The van der Waals surface area contributed by atoms with Gasteiger partial charge in [-0.25, -0.2) is 4.79 Å². The molecule has 1 aromatic rings. The van der Waals surface area contributed by atoms with Crippen LogP contribution in [0.1, 0.15) is 25.5 Å². The van der Waals surface area contributed by atoms with E-state index in [1.807, 2.05) is 32.3 Å². The molecule has 0 bridgehead atoms. The van der Waals surface area contributed by atoms with Crippen molar-refractivity contribution < 1.29 is 14.3 Å². The molecule has 100 valence electrons. The van der Waals surface area contributed by atoms with Crippen molar-refractivity contribution in [2.75, 3.05) is 14.1 Å². The average molecular weight is 272 g/mol. The topological polar surface area (TPSA) is 38.8 Å². The lowest BCUT2D eigenvalue weighted by molar-refractivity contribution is 0.0923. The Kier molecular flexibility index (Phi) is 5.44. The van der Waals surface area contributed by atoms with Crippen molar-refractivity contribution in [1.82, 2.24) is 4.90 Å². The molecule has 4 nitrogen and oxygen atoms in total. The van der Waals surface area contributed by atoms with Gasteiger partial charge in [0.15, 0.2) is 5.56 Å². The van der Waals surface area contributed by atoms with Gasteiger partial charge in [-0.1, -0.05) is 23.7 Å². The Labute approximate surface area is 112 Å². The predicted octanol–water partition coefficient (Wildman–Crippen LogP) is 3.41. The molecule has 1 rings (SSSR count). The van der Waals surface area contributed by atoms with Crippen LogP contribution < -0.4 is 4.74 Å². The van der Waals surface area contributed by atoms with E-state index in [2.05, 4.69) is 11.8 Å². The van der Waals surface area contributed by atoms with Crippen LogP contribution in [0.15, 0.2) is 24.3 Å². The Balaban J connectivity index is 2.73. The van der Waals surface area contributed by atoms with Gasteiger partial charge in [0.2, 0.25) is 0 Å². The normalized spacial score (nSPS) is 14.1. The summed E-state index contributed by atoms with van der Waals surface area (Å²) < 4.78 is 9.73. The lowest BCUT2D eigenvalue weighted by Crippen LogP contribution is -2.17. The van der Waals surface area contributed by atoms with Crippen molar-refractivity contribution in [3.63, 3.8) is 0 Å². The molecular weight excluding hydrogens is 254 g/mol. The molecule has 0 aromatic heterocycles. The zero-order valence-electron chi connectivity index (χ0n) is 11.0. The van der Waals surface area contributed by atoms with Gasteiger partial charge in [-0.15, -0.1) is 0 Å². The Morgan fingerprint density at radius 1 is 1.33 bits per heavy atom. The van der Waals surface area contributed by atoms with Gasteiger partial charge < -0.3 is 14.4 Å². The van der Waals surface area contributed by atoms with Gasteiger partial charge in [0, 0.05) is 6.04 Å². The zero-order chi connectivity index (χ0) is 13.7. The van der Waals surface area contributed by atoms with Gasteiger partial charge in [0.1, 0.15) is 5.75 Å². The van der Waals surface area contributed by atoms with E-state index in [0.717, 1.165) is 5.56 Å². The predicted molar refractivity (Wildman–Crippen MR) is 71.0 cm³/mol. The van der Waals surface area contributed by atoms with Crippen LogP contribution in [0.4, 0.5) is 4.79 Å². The Hall–Kier alpha value is -1.26. The molecule has 2 atom stereocenters. The Morgan fingerprint density at radius 3 is 2.56 bits per heavy atom. The minimum Gasteiger partial charge on any atom is -0.415 e. The maximum Gasteiger partial charge on any atom is 0.515 e. The van der Waals surface area contributed by atoms with Crippen LogP contribution in [0.5, 0.6) is 5.75 Å². The van der Waals surface area contributed by atoms with Gasteiger partial charge in [-0.3, -0.25) is 0 Å². The molecule has 2 unspecified atom stereocenters. The maximum absolute atomic E-state index is 11.3. The summed E-state index contributed by atoms with van der Waals surface area (Å²) in [5, 5.41) is 0. The summed E-state index contributed by atoms with van der Waals surface area (Å²) >= 11 is 5.53. The molecule has 0 saturated carbocycles. The smallest absolute Gasteiger partial charge is 0.415 e. The minimum atomic E-state index is -0.799. The highest BCUT2D eigenvalue weighted by Gasteiger charge is 2.12. The molecular formula is C13H18ClNO3. The van der Waals surface area contributed by atoms with Crippen LogP contribution in [0.25, 0.3) is 0 Å². The fourth-order valence-electron chi connectivity index (χ4n) is 1.39. The number of rotatable bonds is 4. The van der Waals surface area contributed by atoms with Crippen LogP contribution in [-0.2, 0) is 4.74 Å². The standard InChI is InChI=1S/C13H18ClNO3/c1-9(15(3)4)11-6-5-7-12(8-11)18-13(16)17-10(2)14/h5-10H,1-4H3. The minimum absolute atomic E-state index is 0.233. The molecule has 0 heterocycles. The molecule has 0 amide bonds. The molecule has 0 aliphatic heterocycles. The second-order valence-corrected chi connectivity index (χ2v) is 4.84. The number of benzene rings is 1. The number of hydrogen-bond donors (Lipinski definition) is 0. The third-order valence-corrected chi connectivity index (χ3v) is 2.66. The van der Waals surface area contributed by atoms with Gasteiger partial charge >= 0.3 is 6.16 Å². The monoisotopic (exact) mass is 271 g/mol. The summed E-state index contributed by atoms with van der Waals surface area (Å²) in [4.78, 5) is 13.4. The molecule has 0 saturated heterocycles. The van der Waals surface area contributed by atoms with E-state index in [9.17, 15) is 4.79 Å². The lowest BCUT2D eigenvalue weighted by Gasteiger charge is -2.20. The van der Waals surface area contributed by atoms with Gasteiger partial charge in [-0.2, -0.15) is 0 Å². The third-order valence-electron chi connectivity index (χ3n) is 2.57. The molecule has 0 spiro atoms. The fraction of sp³-hybridized carbons (Fsp3) is 0.462. The van der Waals surface area contributed by atoms with E-state index in [1.54, 1.807) is 13.0 Å². The summed E-state index contributed by atoms with van der Waals surface area (Å²) in [6, 6.07) is 7.56. The zero-order valence-corrected chi connectivity index (χ0v) is 11.8. The Morgan fingerprint density at radius 2 is 2.00 bits per heavy atom. The SMILES string of the molecule is CC(Cl)OC(=O)Oc1cccc(C(C)N(C)C)c1. The van der Waals surface area contributed by atoms with Crippen LogP contribution in [-0.4, -0.2) is 30.7 Å². The molecule has 0 aliphatic rings. The summed E-state index contributed by atoms with van der Waals surface area (Å²) in [5.41, 5.74) is 0.352. The first-order valence-corrected chi connectivity index (χ1v) is 6.12. The highest BCUT2D eigenvalue weighted by Crippen LogP contribution is 2.22. The quantitative estimate of drug-likeness (QED) is 0.478. The van der Waals surface area contributed by atoms with Crippen LogP contribution in [0.2, 0.25) is 0 Å². The Bertz CT molecular complexity index is 407. The number of nitrogens with zero attached hydrogens (tertiary/aromatic N) is 1. The van der Waals surface area contributed by atoms with Crippen molar-refractivity contribution in [2.24, 2.45) is 0 Å². The van der Waals surface area contributed by atoms with E-state index >= 15 is 0 Å².